The third-order valence-electron chi connectivity index (χ3n) is 4.23. The molecule has 2 fully saturated rings. The van der Waals surface area contributed by atoms with E-state index in [2.05, 4.69) is 0 Å². The van der Waals surface area contributed by atoms with Crippen molar-refractivity contribution in [2.75, 3.05) is 13.2 Å². The van der Waals surface area contributed by atoms with Gasteiger partial charge in [0, 0.05) is 12.6 Å². The highest BCUT2D eigenvalue weighted by atomic mass is 16.5. The van der Waals surface area contributed by atoms with Crippen molar-refractivity contribution in [1.82, 2.24) is 4.90 Å². The van der Waals surface area contributed by atoms with Crippen molar-refractivity contribution < 1.29 is 13.9 Å². The molecule has 1 atom stereocenters. The Bertz CT molecular complexity index is 403. The summed E-state index contributed by atoms with van der Waals surface area (Å²) >= 11 is 0. The summed E-state index contributed by atoms with van der Waals surface area (Å²) in [5.41, 5.74) is 0. The van der Waals surface area contributed by atoms with Crippen LogP contribution in [-0.4, -0.2) is 30.1 Å². The predicted molar refractivity (Wildman–Crippen MR) is 70.4 cm³/mol. The molecule has 2 heterocycles. The summed E-state index contributed by atoms with van der Waals surface area (Å²) in [6.07, 6.45) is 7.24. The number of carbonyl (C=O) groups excluding carboxylic acids is 1. The first-order chi connectivity index (χ1) is 9.34. The van der Waals surface area contributed by atoms with Crippen molar-refractivity contribution in [3.63, 3.8) is 0 Å². The Kier molecular flexibility index (Phi) is 3.87. The first kappa shape index (κ1) is 12.7. The van der Waals surface area contributed by atoms with Crippen molar-refractivity contribution >= 4 is 5.91 Å². The van der Waals surface area contributed by atoms with E-state index in [0.29, 0.717) is 19.2 Å². The van der Waals surface area contributed by atoms with Crippen LogP contribution in [0, 0.1) is 5.92 Å². The molecular formula is C15H21NO3. The molecule has 4 nitrogen and oxygen atoms in total. The molecule has 0 radical (unpaired) electrons. The standard InChI is InChI=1S/C15H21NO3/c17-15(12-7-9-18-11-12)16(13-4-1-2-5-13)10-14-6-3-8-19-14/h3,6,8,12-13H,1-2,4-5,7,9-11H2. The molecule has 1 aliphatic heterocycles. The smallest absolute Gasteiger partial charge is 0.228 e. The van der Waals surface area contributed by atoms with Gasteiger partial charge in [-0.3, -0.25) is 4.79 Å². The third-order valence-corrected chi connectivity index (χ3v) is 4.23. The van der Waals surface area contributed by atoms with Gasteiger partial charge < -0.3 is 14.1 Å². The van der Waals surface area contributed by atoms with Crippen LogP contribution < -0.4 is 0 Å². The van der Waals surface area contributed by atoms with Crippen LogP contribution in [0.2, 0.25) is 0 Å². The van der Waals surface area contributed by atoms with Gasteiger partial charge in [-0.15, -0.1) is 0 Å². The Balaban J connectivity index is 1.72. The van der Waals surface area contributed by atoms with Crippen LogP contribution in [0.15, 0.2) is 22.8 Å². The summed E-state index contributed by atoms with van der Waals surface area (Å²) in [6, 6.07) is 4.21. The Morgan fingerprint density at radius 1 is 1.32 bits per heavy atom. The van der Waals surface area contributed by atoms with E-state index in [0.717, 1.165) is 31.6 Å². The fourth-order valence-corrected chi connectivity index (χ4v) is 3.14. The lowest BCUT2D eigenvalue weighted by Gasteiger charge is -2.30. The molecule has 1 saturated carbocycles. The molecule has 1 aromatic rings. The summed E-state index contributed by atoms with van der Waals surface area (Å²) in [7, 11) is 0. The summed E-state index contributed by atoms with van der Waals surface area (Å²) in [6.45, 7) is 1.91. The van der Waals surface area contributed by atoms with Gasteiger partial charge in [0.05, 0.1) is 25.3 Å². The van der Waals surface area contributed by atoms with Crippen LogP contribution in [0.25, 0.3) is 0 Å². The van der Waals surface area contributed by atoms with Crippen molar-refractivity contribution in [1.29, 1.82) is 0 Å². The van der Waals surface area contributed by atoms with E-state index in [9.17, 15) is 4.79 Å². The molecule has 1 aromatic heterocycles. The molecule has 104 valence electrons. The molecule has 0 spiro atoms. The number of carbonyl (C=O) groups is 1. The second-order valence-corrected chi connectivity index (χ2v) is 5.54. The van der Waals surface area contributed by atoms with Gasteiger partial charge in [-0.25, -0.2) is 0 Å². The van der Waals surface area contributed by atoms with Crippen LogP contribution in [0.5, 0.6) is 0 Å². The topological polar surface area (TPSA) is 42.7 Å². The molecule has 1 amide bonds. The van der Waals surface area contributed by atoms with E-state index in [4.69, 9.17) is 9.15 Å². The summed E-state index contributed by atoms with van der Waals surface area (Å²) in [4.78, 5) is 14.7. The molecule has 0 bridgehead atoms. The predicted octanol–water partition coefficient (Wildman–Crippen LogP) is 2.59. The molecule has 3 rings (SSSR count). The van der Waals surface area contributed by atoms with Gasteiger partial charge in [0.2, 0.25) is 5.91 Å². The van der Waals surface area contributed by atoms with Crippen LogP contribution in [0.1, 0.15) is 37.9 Å². The molecule has 0 N–H and O–H groups in total. The monoisotopic (exact) mass is 263 g/mol. The number of hydrogen-bond acceptors (Lipinski definition) is 3. The Hall–Kier alpha value is -1.29. The van der Waals surface area contributed by atoms with E-state index >= 15 is 0 Å². The minimum Gasteiger partial charge on any atom is -0.467 e. The van der Waals surface area contributed by atoms with Gasteiger partial charge >= 0.3 is 0 Å². The third kappa shape index (κ3) is 2.84. The fraction of sp³-hybridized carbons (Fsp3) is 0.667. The van der Waals surface area contributed by atoms with E-state index in [1.165, 1.54) is 12.8 Å². The molecule has 19 heavy (non-hydrogen) atoms. The lowest BCUT2D eigenvalue weighted by Crippen LogP contribution is -2.42. The maximum absolute atomic E-state index is 12.7. The quantitative estimate of drug-likeness (QED) is 0.838. The van der Waals surface area contributed by atoms with E-state index in [1.54, 1.807) is 6.26 Å². The second kappa shape index (κ2) is 5.78. The van der Waals surface area contributed by atoms with E-state index in [-0.39, 0.29) is 11.8 Å². The maximum atomic E-state index is 12.7. The second-order valence-electron chi connectivity index (χ2n) is 5.54. The van der Waals surface area contributed by atoms with Crippen molar-refractivity contribution in [3.05, 3.63) is 24.2 Å². The zero-order valence-electron chi connectivity index (χ0n) is 11.2. The van der Waals surface area contributed by atoms with Crippen LogP contribution in [0.3, 0.4) is 0 Å². The first-order valence-electron chi connectivity index (χ1n) is 7.25. The molecule has 1 aliphatic carbocycles. The number of ether oxygens (including phenoxy) is 1. The lowest BCUT2D eigenvalue weighted by molar-refractivity contribution is -0.138. The van der Waals surface area contributed by atoms with Crippen LogP contribution in [0.4, 0.5) is 0 Å². The summed E-state index contributed by atoms with van der Waals surface area (Å²) in [5, 5.41) is 0. The SMILES string of the molecule is O=C(C1CCOC1)N(Cc1ccco1)C1CCCC1. The average Bonchev–Trinajstić information content (AvgIpc) is 3.15. The average molecular weight is 263 g/mol. The number of nitrogens with zero attached hydrogens (tertiary/aromatic N) is 1. The molecule has 1 saturated heterocycles. The number of amides is 1. The highest BCUT2D eigenvalue weighted by Crippen LogP contribution is 2.28. The minimum absolute atomic E-state index is 0.0514. The molecule has 4 heteroatoms. The van der Waals surface area contributed by atoms with Crippen molar-refractivity contribution in [2.24, 2.45) is 5.92 Å². The fourth-order valence-electron chi connectivity index (χ4n) is 3.14. The van der Waals surface area contributed by atoms with Gasteiger partial charge in [0.1, 0.15) is 5.76 Å². The Labute approximate surface area is 113 Å². The Morgan fingerprint density at radius 2 is 2.16 bits per heavy atom. The van der Waals surface area contributed by atoms with E-state index < -0.39 is 0 Å². The van der Waals surface area contributed by atoms with Crippen LogP contribution >= 0.6 is 0 Å². The highest BCUT2D eigenvalue weighted by Gasteiger charge is 2.33. The molecular weight excluding hydrogens is 242 g/mol. The van der Waals surface area contributed by atoms with Gasteiger partial charge in [0.25, 0.3) is 0 Å². The van der Waals surface area contributed by atoms with Gasteiger partial charge in [-0.1, -0.05) is 12.8 Å². The number of hydrogen-bond donors (Lipinski definition) is 0. The number of rotatable bonds is 4. The zero-order valence-corrected chi connectivity index (χ0v) is 11.2. The van der Waals surface area contributed by atoms with E-state index in [1.807, 2.05) is 17.0 Å². The Morgan fingerprint density at radius 3 is 2.79 bits per heavy atom. The van der Waals surface area contributed by atoms with Gasteiger partial charge in [0.15, 0.2) is 0 Å². The van der Waals surface area contributed by atoms with Crippen molar-refractivity contribution in [3.8, 4) is 0 Å². The summed E-state index contributed by atoms with van der Waals surface area (Å²) in [5.74, 6) is 1.18. The lowest BCUT2D eigenvalue weighted by atomic mass is 10.1. The van der Waals surface area contributed by atoms with Crippen LogP contribution in [-0.2, 0) is 16.1 Å². The van der Waals surface area contributed by atoms with Gasteiger partial charge in [-0.05, 0) is 31.4 Å². The molecule has 0 aromatic carbocycles. The minimum atomic E-state index is 0.0514. The first-order valence-corrected chi connectivity index (χ1v) is 7.25. The highest BCUT2D eigenvalue weighted by molar-refractivity contribution is 5.79. The van der Waals surface area contributed by atoms with Gasteiger partial charge in [-0.2, -0.15) is 0 Å². The largest absolute Gasteiger partial charge is 0.467 e. The molecule has 2 aliphatic rings. The maximum Gasteiger partial charge on any atom is 0.228 e. The summed E-state index contributed by atoms with van der Waals surface area (Å²) < 4.78 is 10.8. The van der Waals surface area contributed by atoms with Crippen molar-refractivity contribution in [2.45, 2.75) is 44.7 Å². The molecule has 1 unspecified atom stereocenters. The zero-order chi connectivity index (χ0) is 13.1. The normalized spacial score (nSPS) is 23.9. The number of furan rings is 1.